The van der Waals surface area contributed by atoms with Gasteiger partial charge in [-0.15, -0.1) is 0 Å². The number of H-pyrrole nitrogens is 2. The predicted octanol–water partition coefficient (Wildman–Crippen LogP) is 1.70. The van der Waals surface area contributed by atoms with Gasteiger partial charge in [-0.3, -0.25) is 9.78 Å². The average Bonchev–Trinajstić information content (AvgIpc) is 2.65. The molecule has 0 amide bonds. The summed E-state index contributed by atoms with van der Waals surface area (Å²) in [7, 11) is 0. The molecule has 0 radical (unpaired) electrons. The third-order valence-electron chi connectivity index (χ3n) is 1.76. The molecule has 2 heterocycles. The molecule has 14 heavy (non-hydrogen) atoms. The number of ketones is 1. The van der Waals surface area contributed by atoms with E-state index < -0.39 is 0 Å². The van der Waals surface area contributed by atoms with Gasteiger partial charge in [-0.05, 0) is 24.4 Å². The summed E-state index contributed by atoms with van der Waals surface area (Å²) in [5.74, 6) is -0.120. The molecule has 0 unspecified atom stereocenters. The second-order valence-electron chi connectivity index (χ2n) is 2.73. The molecule has 0 aliphatic rings. The summed E-state index contributed by atoms with van der Waals surface area (Å²) >= 11 is 4.82. The first-order chi connectivity index (χ1) is 6.77. The molecule has 0 saturated carbocycles. The Morgan fingerprint density at radius 1 is 1.50 bits per heavy atom. The number of nitrogens with zero attached hydrogens (tertiary/aromatic N) is 1. The lowest BCUT2D eigenvalue weighted by Gasteiger charge is -1.95. The van der Waals surface area contributed by atoms with Gasteiger partial charge in [0.05, 0.1) is 0 Å². The van der Waals surface area contributed by atoms with Crippen LogP contribution in [0.25, 0.3) is 0 Å². The Kier molecular flexibility index (Phi) is 2.24. The van der Waals surface area contributed by atoms with Crippen LogP contribution in [0.2, 0.25) is 0 Å². The van der Waals surface area contributed by atoms with E-state index in [1.807, 2.05) is 0 Å². The summed E-state index contributed by atoms with van der Waals surface area (Å²) in [6, 6.07) is 3.42. The number of aromatic nitrogens is 3. The van der Waals surface area contributed by atoms with Gasteiger partial charge in [0.2, 0.25) is 5.78 Å². The van der Waals surface area contributed by atoms with Gasteiger partial charge in [0.25, 0.3) is 0 Å². The normalized spacial score (nSPS) is 10.0. The van der Waals surface area contributed by atoms with Crippen LogP contribution in [0.5, 0.6) is 0 Å². The van der Waals surface area contributed by atoms with Crippen molar-refractivity contribution < 1.29 is 4.79 Å². The maximum atomic E-state index is 11.7. The van der Waals surface area contributed by atoms with Crippen molar-refractivity contribution in [3.63, 3.8) is 0 Å². The van der Waals surface area contributed by atoms with E-state index in [1.54, 1.807) is 24.5 Å². The summed E-state index contributed by atoms with van der Waals surface area (Å²) in [5.41, 5.74) is 0.987. The third-order valence-corrected chi connectivity index (χ3v) is 1.98. The number of nitrogens with one attached hydrogen (secondary N) is 2. The van der Waals surface area contributed by atoms with Crippen LogP contribution in [0.3, 0.4) is 0 Å². The van der Waals surface area contributed by atoms with Crippen LogP contribution in [-0.4, -0.2) is 20.7 Å². The Hall–Kier alpha value is -1.75. The average molecular weight is 205 g/mol. The zero-order valence-corrected chi connectivity index (χ0v) is 7.97. The SMILES string of the molecule is O=C(c1cccnc1)c1c[nH]c(=S)[nH]1. The summed E-state index contributed by atoms with van der Waals surface area (Å²) in [4.78, 5) is 21.1. The van der Waals surface area contributed by atoms with Crippen LogP contribution >= 0.6 is 12.2 Å². The summed E-state index contributed by atoms with van der Waals surface area (Å²) in [5, 5.41) is 0. The first-order valence-corrected chi connectivity index (χ1v) is 4.40. The second kappa shape index (κ2) is 3.55. The molecule has 70 valence electrons. The first kappa shape index (κ1) is 8.83. The fraction of sp³-hybridized carbons (Fsp3) is 0. The highest BCUT2D eigenvalue weighted by Gasteiger charge is 2.09. The molecular weight excluding hydrogens is 198 g/mol. The van der Waals surface area contributed by atoms with Gasteiger partial charge < -0.3 is 9.97 Å². The monoisotopic (exact) mass is 205 g/mol. The van der Waals surface area contributed by atoms with E-state index in [1.165, 1.54) is 6.20 Å². The van der Waals surface area contributed by atoms with Crippen LogP contribution in [0, 0.1) is 4.77 Å². The maximum Gasteiger partial charge on any atom is 0.212 e. The molecule has 0 aliphatic carbocycles. The minimum absolute atomic E-state index is 0.120. The quantitative estimate of drug-likeness (QED) is 0.579. The minimum atomic E-state index is -0.120. The highest BCUT2D eigenvalue weighted by molar-refractivity contribution is 7.71. The van der Waals surface area contributed by atoms with Crippen molar-refractivity contribution in [2.24, 2.45) is 0 Å². The Labute approximate surface area is 85.0 Å². The van der Waals surface area contributed by atoms with Gasteiger partial charge >= 0.3 is 0 Å². The zero-order valence-electron chi connectivity index (χ0n) is 7.15. The Balaban J connectivity index is 2.38. The van der Waals surface area contributed by atoms with E-state index in [0.29, 0.717) is 16.0 Å². The van der Waals surface area contributed by atoms with Gasteiger partial charge in [0, 0.05) is 24.2 Å². The van der Waals surface area contributed by atoms with Crippen molar-refractivity contribution in [1.29, 1.82) is 0 Å². The van der Waals surface area contributed by atoms with E-state index in [9.17, 15) is 4.79 Å². The van der Waals surface area contributed by atoms with Gasteiger partial charge in [0.1, 0.15) is 5.69 Å². The highest BCUT2D eigenvalue weighted by atomic mass is 32.1. The standard InChI is InChI=1S/C9H7N3OS/c13-8(6-2-1-3-10-4-6)7-5-11-9(14)12-7/h1-5H,(H2,11,12,14). The Morgan fingerprint density at radius 2 is 2.36 bits per heavy atom. The van der Waals surface area contributed by atoms with Crippen molar-refractivity contribution in [2.45, 2.75) is 0 Å². The molecule has 0 aliphatic heterocycles. The van der Waals surface area contributed by atoms with Crippen molar-refractivity contribution in [3.05, 3.63) is 46.8 Å². The van der Waals surface area contributed by atoms with Crippen molar-refractivity contribution in [1.82, 2.24) is 15.0 Å². The number of hydrogen-bond donors (Lipinski definition) is 2. The van der Waals surface area contributed by atoms with Gasteiger partial charge in [-0.1, -0.05) is 0 Å². The van der Waals surface area contributed by atoms with Crippen LogP contribution < -0.4 is 0 Å². The molecule has 0 spiro atoms. The van der Waals surface area contributed by atoms with Crippen LogP contribution in [0.1, 0.15) is 16.1 Å². The Morgan fingerprint density at radius 3 is 2.93 bits per heavy atom. The molecule has 2 aromatic rings. The molecule has 4 nitrogen and oxygen atoms in total. The molecule has 2 rings (SSSR count). The van der Waals surface area contributed by atoms with Gasteiger partial charge in [-0.25, -0.2) is 0 Å². The fourth-order valence-electron chi connectivity index (χ4n) is 1.11. The molecule has 0 saturated heterocycles. The maximum absolute atomic E-state index is 11.7. The number of carbonyl (C=O) groups excluding carboxylic acids is 1. The number of pyridine rings is 1. The summed E-state index contributed by atoms with van der Waals surface area (Å²) in [6.45, 7) is 0. The molecule has 0 fully saturated rings. The number of rotatable bonds is 2. The topological polar surface area (TPSA) is 61.5 Å². The van der Waals surface area contributed by atoms with Crippen LogP contribution in [-0.2, 0) is 0 Å². The number of carbonyl (C=O) groups is 1. The van der Waals surface area contributed by atoms with E-state index in [4.69, 9.17) is 12.2 Å². The number of aromatic amines is 2. The van der Waals surface area contributed by atoms with E-state index >= 15 is 0 Å². The molecule has 2 aromatic heterocycles. The Bertz CT molecular complexity index is 500. The van der Waals surface area contributed by atoms with Crippen LogP contribution in [0.15, 0.2) is 30.7 Å². The summed E-state index contributed by atoms with van der Waals surface area (Å²) < 4.78 is 0.442. The van der Waals surface area contributed by atoms with Gasteiger partial charge in [-0.2, -0.15) is 0 Å². The second-order valence-corrected chi connectivity index (χ2v) is 3.14. The molecule has 0 aromatic carbocycles. The van der Waals surface area contributed by atoms with E-state index in [0.717, 1.165) is 0 Å². The molecule has 0 bridgehead atoms. The fourth-order valence-corrected chi connectivity index (χ4v) is 1.28. The molecule has 2 N–H and O–H groups in total. The van der Waals surface area contributed by atoms with Gasteiger partial charge in [0.15, 0.2) is 4.77 Å². The lowest BCUT2D eigenvalue weighted by molar-refractivity contribution is 0.103. The largest absolute Gasteiger partial charge is 0.337 e. The van der Waals surface area contributed by atoms with Crippen LogP contribution in [0.4, 0.5) is 0 Å². The smallest absolute Gasteiger partial charge is 0.212 e. The molecule has 5 heteroatoms. The lowest BCUT2D eigenvalue weighted by atomic mass is 10.1. The minimum Gasteiger partial charge on any atom is -0.337 e. The molecular formula is C9H7N3OS. The van der Waals surface area contributed by atoms with Crippen molar-refractivity contribution >= 4 is 18.0 Å². The van der Waals surface area contributed by atoms with Crippen molar-refractivity contribution in [3.8, 4) is 0 Å². The zero-order chi connectivity index (χ0) is 9.97. The molecule has 0 atom stereocenters. The highest BCUT2D eigenvalue weighted by Crippen LogP contribution is 2.04. The first-order valence-electron chi connectivity index (χ1n) is 4.00. The number of imidazole rings is 1. The summed E-state index contributed by atoms with van der Waals surface area (Å²) in [6.07, 6.45) is 4.69. The third kappa shape index (κ3) is 1.62. The predicted molar refractivity (Wildman–Crippen MR) is 53.6 cm³/mol. The lowest BCUT2D eigenvalue weighted by Crippen LogP contribution is -2.01. The number of hydrogen-bond acceptors (Lipinski definition) is 3. The van der Waals surface area contributed by atoms with E-state index in [2.05, 4.69) is 15.0 Å². The van der Waals surface area contributed by atoms with E-state index in [-0.39, 0.29) is 5.78 Å². The van der Waals surface area contributed by atoms with Crippen molar-refractivity contribution in [2.75, 3.05) is 0 Å².